The number of para-hydroxylation sites is 1. The highest BCUT2D eigenvalue weighted by molar-refractivity contribution is 6.04. The number of nitrogens with one attached hydrogen (secondary N) is 2. The lowest BCUT2D eigenvalue weighted by atomic mass is 10.1. The number of halogens is 3. The predicted octanol–water partition coefficient (Wildman–Crippen LogP) is 4.09. The molecule has 0 radical (unpaired) electrons. The van der Waals surface area contributed by atoms with Crippen LogP contribution in [0, 0.1) is 6.92 Å². The molecule has 0 saturated carbocycles. The molecule has 2 amide bonds. The molecule has 0 spiro atoms. The summed E-state index contributed by atoms with van der Waals surface area (Å²) in [5.41, 5.74) is 0.538. The van der Waals surface area contributed by atoms with Gasteiger partial charge in [-0.3, -0.25) is 9.59 Å². The Labute approximate surface area is 170 Å². The third kappa shape index (κ3) is 4.86. The van der Waals surface area contributed by atoms with Crippen LogP contribution in [-0.4, -0.2) is 21.6 Å². The molecule has 2 aromatic carbocycles. The zero-order chi connectivity index (χ0) is 21.9. The fraction of sp³-hybridized carbons (Fsp3) is 0.190. The van der Waals surface area contributed by atoms with Crippen molar-refractivity contribution in [2.45, 2.75) is 26.6 Å². The summed E-state index contributed by atoms with van der Waals surface area (Å²) in [6.45, 7) is 3.36. The zero-order valence-corrected chi connectivity index (χ0v) is 16.2. The summed E-state index contributed by atoms with van der Waals surface area (Å²) in [5, 5.41) is 9.39. The maximum absolute atomic E-state index is 13.4. The number of hydrogen-bond acceptors (Lipinski definition) is 3. The molecule has 9 heteroatoms. The molecule has 0 unspecified atom stereocenters. The van der Waals surface area contributed by atoms with Gasteiger partial charge in [-0.2, -0.15) is 18.3 Å². The number of benzene rings is 2. The summed E-state index contributed by atoms with van der Waals surface area (Å²) >= 11 is 0. The summed E-state index contributed by atoms with van der Waals surface area (Å²) in [4.78, 5) is 23.6. The average Bonchev–Trinajstić information content (AvgIpc) is 3.06. The summed E-state index contributed by atoms with van der Waals surface area (Å²) in [7, 11) is 0. The lowest BCUT2D eigenvalue weighted by molar-refractivity contribution is -0.137. The fourth-order valence-corrected chi connectivity index (χ4v) is 2.86. The quantitative estimate of drug-likeness (QED) is 0.658. The Morgan fingerprint density at radius 2 is 1.73 bits per heavy atom. The molecule has 0 atom stereocenters. The van der Waals surface area contributed by atoms with Gasteiger partial charge in [0.25, 0.3) is 5.91 Å². The first kappa shape index (κ1) is 21.1. The number of amides is 2. The molecule has 30 heavy (non-hydrogen) atoms. The minimum Gasteiger partial charge on any atom is -0.352 e. The average molecular weight is 416 g/mol. The second-order valence-corrected chi connectivity index (χ2v) is 6.66. The van der Waals surface area contributed by atoms with Gasteiger partial charge in [0.15, 0.2) is 0 Å². The lowest BCUT2D eigenvalue weighted by Crippen LogP contribution is -2.19. The van der Waals surface area contributed by atoms with Crippen LogP contribution in [0.25, 0.3) is 5.69 Å². The van der Waals surface area contributed by atoms with Crippen LogP contribution in [0.2, 0.25) is 0 Å². The van der Waals surface area contributed by atoms with E-state index in [9.17, 15) is 22.8 Å². The Bertz CT molecular complexity index is 1070. The Morgan fingerprint density at radius 3 is 2.37 bits per heavy atom. The van der Waals surface area contributed by atoms with E-state index in [0.717, 1.165) is 16.3 Å². The zero-order valence-electron chi connectivity index (χ0n) is 16.2. The van der Waals surface area contributed by atoms with Gasteiger partial charge in [-0.05, 0) is 36.8 Å². The van der Waals surface area contributed by atoms with Crippen molar-refractivity contribution in [3.05, 3.63) is 77.0 Å². The normalized spacial score (nSPS) is 11.2. The molecule has 0 aliphatic carbocycles. The van der Waals surface area contributed by atoms with Gasteiger partial charge in [-0.1, -0.05) is 24.3 Å². The molecule has 0 saturated heterocycles. The van der Waals surface area contributed by atoms with Crippen molar-refractivity contribution in [1.82, 2.24) is 15.1 Å². The molecule has 0 aliphatic heterocycles. The van der Waals surface area contributed by atoms with Crippen LogP contribution in [0.5, 0.6) is 0 Å². The van der Waals surface area contributed by atoms with Crippen molar-refractivity contribution in [3.63, 3.8) is 0 Å². The van der Waals surface area contributed by atoms with Crippen LogP contribution in [-0.2, 0) is 17.5 Å². The molecule has 3 aromatic rings. The maximum Gasteiger partial charge on any atom is 0.418 e. The van der Waals surface area contributed by atoms with E-state index < -0.39 is 17.6 Å². The number of alkyl halides is 3. The molecule has 6 nitrogen and oxygen atoms in total. The molecule has 2 N–H and O–H groups in total. The molecular weight excluding hydrogens is 397 g/mol. The lowest BCUT2D eigenvalue weighted by Gasteiger charge is -2.15. The van der Waals surface area contributed by atoms with E-state index in [1.54, 1.807) is 31.2 Å². The standard InChI is InChI=1S/C21H19F3N4O2/c1-13-11-19(28(27-13)18-6-4-3-5-17(18)21(22,23)24)26-20(30)16-9-7-15(8-10-16)12-25-14(2)29/h3-11H,12H2,1-2H3,(H,25,29)(H,26,30). The van der Waals surface area contributed by atoms with Gasteiger partial charge in [-0.15, -0.1) is 0 Å². The van der Waals surface area contributed by atoms with Crippen LogP contribution < -0.4 is 10.6 Å². The number of rotatable bonds is 5. The molecule has 3 rings (SSSR count). The van der Waals surface area contributed by atoms with E-state index in [0.29, 0.717) is 17.8 Å². The molecule has 1 heterocycles. The monoisotopic (exact) mass is 416 g/mol. The number of aromatic nitrogens is 2. The molecule has 1 aromatic heterocycles. The third-order valence-electron chi connectivity index (χ3n) is 4.27. The van der Waals surface area contributed by atoms with Crippen molar-refractivity contribution in [2.24, 2.45) is 0 Å². The van der Waals surface area contributed by atoms with E-state index >= 15 is 0 Å². The van der Waals surface area contributed by atoms with E-state index in [1.807, 2.05) is 0 Å². The summed E-state index contributed by atoms with van der Waals surface area (Å²) in [5.74, 6) is -0.539. The Balaban J connectivity index is 1.86. The number of anilines is 1. The van der Waals surface area contributed by atoms with Crippen LogP contribution in [0.4, 0.5) is 19.0 Å². The largest absolute Gasteiger partial charge is 0.418 e. The molecule has 0 aliphatic rings. The maximum atomic E-state index is 13.4. The van der Waals surface area contributed by atoms with Gasteiger partial charge < -0.3 is 10.6 Å². The Kier molecular flexibility index (Phi) is 5.91. The Hall–Kier alpha value is -3.62. The molecule has 156 valence electrons. The third-order valence-corrected chi connectivity index (χ3v) is 4.27. The number of aryl methyl sites for hydroxylation is 1. The fourth-order valence-electron chi connectivity index (χ4n) is 2.86. The minimum atomic E-state index is -4.57. The second kappa shape index (κ2) is 8.40. The van der Waals surface area contributed by atoms with Gasteiger partial charge in [0.2, 0.25) is 5.91 Å². The number of hydrogen-bond donors (Lipinski definition) is 2. The summed E-state index contributed by atoms with van der Waals surface area (Å²) in [6, 6.07) is 13.0. The van der Waals surface area contributed by atoms with Crippen LogP contribution in [0.3, 0.4) is 0 Å². The molecule has 0 bridgehead atoms. The van der Waals surface area contributed by atoms with Crippen LogP contribution in [0.15, 0.2) is 54.6 Å². The van der Waals surface area contributed by atoms with Crippen molar-refractivity contribution < 1.29 is 22.8 Å². The first-order valence-corrected chi connectivity index (χ1v) is 9.03. The first-order valence-electron chi connectivity index (χ1n) is 9.03. The van der Waals surface area contributed by atoms with E-state index in [4.69, 9.17) is 0 Å². The van der Waals surface area contributed by atoms with E-state index in [1.165, 1.54) is 31.2 Å². The SMILES string of the molecule is CC(=O)NCc1ccc(C(=O)Nc2cc(C)nn2-c2ccccc2C(F)(F)F)cc1. The van der Waals surface area contributed by atoms with Gasteiger partial charge in [0, 0.05) is 25.1 Å². The van der Waals surface area contributed by atoms with Crippen molar-refractivity contribution in [3.8, 4) is 5.69 Å². The summed E-state index contributed by atoms with van der Waals surface area (Å²) in [6.07, 6.45) is -4.57. The summed E-state index contributed by atoms with van der Waals surface area (Å²) < 4.78 is 41.3. The first-order chi connectivity index (χ1) is 14.1. The van der Waals surface area contributed by atoms with E-state index in [-0.39, 0.29) is 17.4 Å². The number of nitrogens with zero attached hydrogens (tertiary/aromatic N) is 2. The van der Waals surface area contributed by atoms with Crippen LogP contribution in [0.1, 0.15) is 34.1 Å². The van der Waals surface area contributed by atoms with Gasteiger partial charge >= 0.3 is 6.18 Å². The smallest absolute Gasteiger partial charge is 0.352 e. The predicted molar refractivity (Wildman–Crippen MR) is 105 cm³/mol. The highest BCUT2D eigenvalue weighted by Crippen LogP contribution is 2.34. The number of carbonyl (C=O) groups is 2. The topological polar surface area (TPSA) is 76.0 Å². The molecule has 0 fully saturated rings. The van der Waals surface area contributed by atoms with Crippen molar-refractivity contribution in [1.29, 1.82) is 0 Å². The molecular formula is C21H19F3N4O2. The number of carbonyl (C=O) groups excluding carboxylic acids is 2. The van der Waals surface area contributed by atoms with Gasteiger partial charge in [0.05, 0.1) is 16.9 Å². The van der Waals surface area contributed by atoms with Gasteiger partial charge in [0.1, 0.15) is 5.82 Å². The Morgan fingerprint density at radius 1 is 1.07 bits per heavy atom. The highest BCUT2D eigenvalue weighted by atomic mass is 19.4. The van der Waals surface area contributed by atoms with Gasteiger partial charge in [-0.25, -0.2) is 4.68 Å². The highest BCUT2D eigenvalue weighted by Gasteiger charge is 2.34. The van der Waals surface area contributed by atoms with E-state index in [2.05, 4.69) is 15.7 Å². The minimum absolute atomic E-state index is 0.122. The van der Waals surface area contributed by atoms with Crippen LogP contribution >= 0.6 is 0 Å². The second-order valence-electron chi connectivity index (χ2n) is 6.66. The van der Waals surface area contributed by atoms with Crippen molar-refractivity contribution >= 4 is 17.6 Å². The van der Waals surface area contributed by atoms with Crippen molar-refractivity contribution in [2.75, 3.05) is 5.32 Å².